The molecule has 2 N–H and O–H groups in total. The van der Waals surface area contributed by atoms with Crippen LogP contribution >= 0.6 is 0 Å². The highest BCUT2D eigenvalue weighted by atomic mass is 16.5. The van der Waals surface area contributed by atoms with E-state index in [4.69, 9.17) is 4.74 Å². The van der Waals surface area contributed by atoms with Gasteiger partial charge in [0.1, 0.15) is 11.6 Å². The van der Waals surface area contributed by atoms with Crippen LogP contribution in [-0.4, -0.2) is 40.8 Å². The van der Waals surface area contributed by atoms with Crippen LogP contribution < -0.4 is 10.1 Å². The molecule has 1 aromatic carbocycles. The van der Waals surface area contributed by atoms with E-state index in [2.05, 4.69) is 15.3 Å². The highest BCUT2D eigenvalue weighted by Gasteiger charge is 2.19. The third kappa shape index (κ3) is 3.78. The molecule has 3 aromatic rings. The van der Waals surface area contributed by atoms with Crippen molar-refractivity contribution in [1.29, 1.82) is 0 Å². The van der Waals surface area contributed by atoms with Gasteiger partial charge >= 0.3 is 0 Å². The summed E-state index contributed by atoms with van der Waals surface area (Å²) in [5.41, 5.74) is 3.83. The fourth-order valence-electron chi connectivity index (χ4n) is 3.65. The summed E-state index contributed by atoms with van der Waals surface area (Å²) < 4.78 is 5.27. The van der Waals surface area contributed by atoms with Gasteiger partial charge in [-0.2, -0.15) is 0 Å². The maximum absolute atomic E-state index is 12.8. The lowest BCUT2D eigenvalue weighted by Gasteiger charge is -2.23. The van der Waals surface area contributed by atoms with Gasteiger partial charge in [0.05, 0.1) is 13.2 Å². The second kappa shape index (κ2) is 8.02. The molecule has 0 saturated heterocycles. The molecule has 30 heavy (non-hydrogen) atoms. The summed E-state index contributed by atoms with van der Waals surface area (Å²) in [7, 11) is 3.43. The largest absolute Gasteiger partial charge is 0.497 e. The summed E-state index contributed by atoms with van der Waals surface area (Å²) >= 11 is 0. The topological polar surface area (TPSA) is 87.3 Å². The number of hydrogen-bond donors (Lipinski definition) is 2. The molecule has 4 rings (SSSR count). The first-order valence-corrected chi connectivity index (χ1v) is 9.85. The summed E-state index contributed by atoms with van der Waals surface area (Å²) in [4.78, 5) is 33.5. The number of aromatic nitrogens is 2. The number of aryl methyl sites for hydroxylation is 1. The van der Waals surface area contributed by atoms with Crippen LogP contribution in [0, 0.1) is 0 Å². The van der Waals surface area contributed by atoms with Crippen LogP contribution in [0.15, 0.2) is 42.7 Å². The Morgan fingerprint density at radius 2 is 2.13 bits per heavy atom. The number of amides is 2. The standard InChI is InChI=1S/C23H24N4O3/c1-14(19-13-24-20-11-17(30-3)6-7-18(19)20)27(2)22(29)9-4-15-10-16-5-8-21(28)26-23(16)25-12-15/h4,6-7,9-14,24H,5,8H2,1-3H3,(H,25,26,28)/b9-4+. The fourth-order valence-corrected chi connectivity index (χ4v) is 3.65. The Morgan fingerprint density at radius 1 is 1.30 bits per heavy atom. The summed E-state index contributed by atoms with van der Waals surface area (Å²) in [5.74, 6) is 1.28. The van der Waals surface area contributed by atoms with Crippen LogP contribution in [0.5, 0.6) is 5.75 Å². The highest BCUT2D eigenvalue weighted by Crippen LogP contribution is 2.30. The Balaban J connectivity index is 1.49. The van der Waals surface area contributed by atoms with Crippen molar-refractivity contribution in [3.05, 3.63) is 59.4 Å². The minimum atomic E-state index is -0.110. The zero-order valence-corrected chi connectivity index (χ0v) is 17.2. The van der Waals surface area contributed by atoms with Gasteiger partial charge in [-0.3, -0.25) is 9.59 Å². The normalized spacial score (nSPS) is 14.4. The van der Waals surface area contributed by atoms with Crippen molar-refractivity contribution >= 4 is 34.6 Å². The molecular formula is C23H24N4O3. The molecule has 7 heteroatoms. The molecule has 0 spiro atoms. The van der Waals surface area contributed by atoms with Gasteiger partial charge < -0.3 is 19.9 Å². The minimum absolute atomic E-state index is 0.0141. The first-order valence-electron chi connectivity index (χ1n) is 9.85. The predicted molar refractivity (Wildman–Crippen MR) is 116 cm³/mol. The number of methoxy groups -OCH3 is 1. The van der Waals surface area contributed by atoms with Gasteiger partial charge in [-0.1, -0.05) is 0 Å². The molecule has 0 bridgehead atoms. The van der Waals surface area contributed by atoms with Crippen molar-refractivity contribution in [2.45, 2.75) is 25.8 Å². The number of hydrogen-bond acceptors (Lipinski definition) is 4. The zero-order chi connectivity index (χ0) is 21.3. The van der Waals surface area contributed by atoms with Gasteiger partial charge in [-0.25, -0.2) is 4.98 Å². The molecule has 7 nitrogen and oxygen atoms in total. The Hall–Kier alpha value is -3.61. The molecule has 154 valence electrons. The van der Waals surface area contributed by atoms with Gasteiger partial charge in [0.2, 0.25) is 11.8 Å². The Kier molecular flexibility index (Phi) is 5.27. The van der Waals surface area contributed by atoms with Gasteiger partial charge in [0.25, 0.3) is 0 Å². The molecule has 0 radical (unpaired) electrons. The second-order valence-corrected chi connectivity index (χ2v) is 7.44. The van der Waals surface area contributed by atoms with Crippen LogP contribution in [0.1, 0.15) is 36.1 Å². The number of ether oxygens (including phenoxy) is 1. The maximum Gasteiger partial charge on any atom is 0.246 e. The summed E-state index contributed by atoms with van der Waals surface area (Å²) in [5, 5.41) is 3.83. The summed E-state index contributed by atoms with van der Waals surface area (Å²) in [6, 6.07) is 7.71. The Bertz CT molecular complexity index is 1150. The number of nitrogens with one attached hydrogen (secondary N) is 2. The van der Waals surface area contributed by atoms with E-state index in [0.717, 1.165) is 33.3 Å². The molecule has 2 aromatic heterocycles. The van der Waals surface area contributed by atoms with Gasteiger partial charge in [-0.05, 0) is 54.3 Å². The average Bonchev–Trinajstić information content (AvgIpc) is 3.19. The number of fused-ring (bicyclic) bond motifs is 2. The van der Waals surface area contributed by atoms with E-state index in [1.54, 1.807) is 37.4 Å². The number of pyridine rings is 1. The molecule has 3 heterocycles. The number of nitrogens with zero attached hydrogens (tertiary/aromatic N) is 2. The van der Waals surface area contributed by atoms with Crippen molar-refractivity contribution in [1.82, 2.24) is 14.9 Å². The van der Waals surface area contributed by atoms with Gasteiger partial charge in [0.15, 0.2) is 0 Å². The maximum atomic E-state index is 12.8. The van der Waals surface area contributed by atoms with Crippen LogP contribution in [0.3, 0.4) is 0 Å². The average molecular weight is 404 g/mol. The third-order valence-corrected chi connectivity index (χ3v) is 5.58. The SMILES string of the molecule is COc1ccc2c(C(C)N(C)C(=O)/C=C/c3cnc4c(c3)CCC(=O)N4)c[nH]c2c1. The van der Waals surface area contributed by atoms with Crippen molar-refractivity contribution in [3.63, 3.8) is 0 Å². The van der Waals surface area contributed by atoms with Crippen molar-refractivity contribution in [2.75, 3.05) is 19.5 Å². The highest BCUT2D eigenvalue weighted by molar-refractivity contribution is 5.94. The second-order valence-electron chi connectivity index (χ2n) is 7.44. The van der Waals surface area contributed by atoms with Crippen molar-refractivity contribution in [3.8, 4) is 5.75 Å². The number of carbonyl (C=O) groups is 2. The molecular weight excluding hydrogens is 380 g/mol. The fraction of sp³-hybridized carbons (Fsp3) is 0.261. The number of carbonyl (C=O) groups excluding carboxylic acids is 2. The smallest absolute Gasteiger partial charge is 0.246 e. The van der Waals surface area contributed by atoms with Gasteiger partial charge in [-0.15, -0.1) is 0 Å². The van der Waals surface area contributed by atoms with E-state index < -0.39 is 0 Å². The predicted octanol–water partition coefficient (Wildman–Crippen LogP) is 3.69. The number of rotatable bonds is 5. The summed E-state index contributed by atoms with van der Waals surface area (Å²) in [6.45, 7) is 2.00. The first-order chi connectivity index (χ1) is 14.5. The van der Waals surface area contributed by atoms with E-state index >= 15 is 0 Å². The van der Waals surface area contributed by atoms with E-state index in [1.807, 2.05) is 37.4 Å². The summed E-state index contributed by atoms with van der Waals surface area (Å²) in [6.07, 6.45) is 8.02. The number of likely N-dealkylation sites (N-methyl/N-ethyl adjacent to an activating group) is 1. The molecule has 0 saturated carbocycles. The van der Waals surface area contributed by atoms with E-state index in [9.17, 15) is 9.59 Å². The monoisotopic (exact) mass is 404 g/mol. The molecule has 1 aliphatic heterocycles. The van der Waals surface area contributed by atoms with E-state index in [1.165, 1.54) is 0 Å². The molecule has 0 aliphatic carbocycles. The number of H-pyrrole nitrogens is 1. The molecule has 2 amide bonds. The number of aromatic amines is 1. The van der Waals surface area contributed by atoms with E-state index in [0.29, 0.717) is 18.7 Å². The van der Waals surface area contributed by atoms with Crippen LogP contribution in [0.25, 0.3) is 17.0 Å². The van der Waals surface area contributed by atoms with Crippen LogP contribution in [-0.2, 0) is 16.0 Å². The molecule has 1 atom stereocenters. The number of benzene rings is 1. The zero-order valence-electron chi connectivity index (χ0n) is 17.2. The van der Waals surface area contributed by atoms with E-state index in [-0.39, 0.29) is 17.9 Å². The van der Waals surface area contributed by atoms with Crippen LogP contribution in [0.4, 0.5) is 5.82 Å². The van der Waals surface area contributed by atoms with Crippen molar-refractivity contribution in [2.24, 2.45) is 0 Å². The Morgan fingerprint density at radius 3 is 2.93 bits per heavy atom. The Labute approximate surface area is 174 Å². The minimum Gasteiger partial charge on any atom is -0.497 e. The third-order valence-electron chi connectivity index (χ3n) is 5.58. The lowest BCUT2D eigenvalue weighted by atomic mass is 10.0. The lowest BCUT2D eigenvalue weighted by Crippen LogP contribution is -2.27. The number of anilines is 1. The molecule has 0 fully saturated rings. The molecule has 1 aliphatic rings. The lowest BCUT2D eigenvalue weighted by molar-refractivity contribution is -0.126. The van der Waals surface area contributed by atoms with Gasteiger partial charge in [0, 0.05) is 48.9 Å². The quantitative estimate of drug-likeness (QED) is 0.635. The van der Waals surface area contributed by atoms with Crippen LogP contribution in [0.2, 0.25) is 0 Å². The molecule has 1 unspecified atom stereocenters. The van der Waals surface area contributed by atoms with Crippen molar-refractivity contribution < 1.29 is 14.3 Å². The first kappa shape index (κ1) is 19.7.